The van der Waals surface area contributed by atoms with E-state index in [1.54, 1.807) is 0 Å². The highest BCUT2D eigenvalue weighted by Crippen LogP contribution is 2.50. The highest BCUT2D eigenvalue weighted by Gasteiger charge is 2.43. The van der Waals surface area contributed by atoms with Crippen LogP contribution >= 0.6 is 0 Å². The maximum atomic E-state index is 11.6. The van der Waals surface area contributed by atoms with Crippen LogP contribution in [0.3, 0.4) is 0 Å². The molecule has 0 unspecified atom stereocenters. The fourth-order valence-electron chi connectivity index (χ4n) is 3.92. The first-order valence-corrected chi connectivity index (χ1v) is 8.03. The number of hydrogen-bond donors (Lipinski definition) is 1. The fraction of sp³-hybridized carbons (Fsp3) is 0.300. The topological polar surface area (TPSA) is 23.5 Å². The second-order valence-corrected chi connectivity index (χ2v) is 6.39. The van der Waals surface area contributed by atoms with Gasteiger partial charge in [0.1, 0.15) is 5.60 Å². The van der Waals surface area contributed by atoms with E-state index in [1.807, 2.05) is 36.4 Å². The second-order valence-electron chi connectivity index (χ2n) is 6.39. The fourth-order valence-corrected chi connectivity index (χ4v) is 3.92. The maximum absolute atomic E-state index is 11.6. The van der Waals surface area contributed by atoms with Gasteiger partial charge >= 0.3 is 0 Å². The largest absolute Gasteiger partial charge is 0.376 e. The first-order valence-electron chi connectivity index (χ1n) is 8.03. The van der Waals surface area contributed by atoms with E-state index in [9.17, 15) is 5.11 Å². The minimum Gasteiger partial charge on any atom is -0.376 e. The van der Waals surface area contributed by atoms with Crippen LogP contribution < -0.4 is 0 Å². The molecule has 0 saturated carbocycles. The minimum atomic E-state index is -1.06. The summed E-state index contributed by atoms with van der Waals surface area (Å²) in [7, 11) is 0. The third-order valence-electron chi connectivity index (χ3n) is 5.05. The Bertz CT molecular complexity index is 682. The summed E-state index contributed by atoms with van der Waals surface area (Å²) in [6.45, 7) is 7.26. The van der Waals surface area contributed by atoms with E-state index in [-0.39, 0.29) is 0 Å². The van der Waals surface area contributed by atoms with Crippen LogP contribution in [0.25, 0.3) is 11.1 Å². The molecule has 4 rings (SSSR count). The lowest BCUT2D eigenvalue weighted by Crippen LogP contribution is -2.34. The average Bonchev–Trinajstić information content (AvgIpc) is 3.15. The van der Waals surface area contributed by atoms with Gasteiger partial charge in [0.15, 0.2) is 0 Å². The zero-order valence-electron chi connectivity index (χ0n) is 12.8. The van der Waals surface area contributed by atoms with Gasteiger partial charge in [-0.2, -0.15) is 0 Å². The predicted molar refractivity (Wildman–Crippen MR) is 89.7 cm³/mol. The van der Waals surface area contributed by atoms with Crippen LogP contribution in [-0.4, -0.2) is 29.6 Å². The number of fused-ring (bicyclic) bond motifs is 3. The van der Waals surface area contributed by atoms with Crippen molar-refractivity contribution < 1.29 is 5.11 Å². The summed E-state index contributed by atoms with van der Waals surface area (Å²) in [6.07, 6.45) is 2.50. The Labute approximate surface area is 131 Å². The Kier molecular flexibility index (Phi) is 3.17. The van der Waals surface area contributed by atoms with Crippen LogP contribution in [0, 0.1) is 0 Å². The quantitative estimate of drug-likeness (QED) is 0.874. The lowest BCUT2D eigenvalue weighted by Gasteiger charge is -2.31. The average molecular weight is 291 g/mol. The molecule has 2 heteroatoms. The van der Waals surface area contributed by atoms with Gasteiger partial charge in [0, 0.05) is 17.7 Å². The van der Waals surface area contributed by atoms with Gasteiger partial charge in [-0.05, 0) is 42.6 Å². The van der Waals surface area contributed by atoms with Gasteiger partial charge in [-0.1, -0.05) is 55.1 Å². The molecule has 1 N–H and O–H groups in total. The molecule has 2 aliphatic rings. The number of hydrogen-bond acceptors (Lipinski definition) is 2. The summed E-state index contributed by atoms with van der Waals surface area (Å²) < 4.78 is 0. The first kappa shape index (κ1) is 13.7. The maximum Gasteiger partial charge on any atom is 0.138 e. The van der Waals surface area contributed by atoms with Crippen molar-refractivity contribution in [2.75, 3.05) is 19.6 Å². The van der Waals surface area contributed by atoms with Crippen molar-refractivity contribution in [1.82, 2.24) is 4.90 Å². The summed E-state index contributed by atoms with van der Waals surface area (Å²) in [6, 6.07) is 16.3. The number of rotatable bonds is 3. The van der Waals surface area contributed by atoms with Crippen LogP contribution in [0.1, 0.15) is 24.0 Å². The molecule has 0 aromatic heterocycles. The van der Waals surface area contributed by atoms with Crippen molar-refractivity contribution in [3.8, 4) is 11.1 Å². The molecule has 2 aromatic carbocycles. The highest BCUT2D eigenvalue weighted by atomic mass is 16.3. The third kappa shape index (κ3) is 1.88. The number of aliphatic hydroxyl groups is 1. The molecule has 1 saturated heterocycles. The molecule has 112 valence electrons. The van der Waals surface area contributed by atoms with Crippen molar-refractivity contribution in [1.29, 1.82) is 0 Å². The summed E-state index contributed by atoms with van der Waals surface area (Å²) in [5, 5.41) is 11.6. The van der Waals surface area contributed by atoms with Crippen LogP contribution in [0.4, 0.5) is 0 Å². The van der Waals surface area contributed by atoms with Gasteiger partial charge in [-0.15, -0.1) is 0 Å². The molecule has 0 atom stereocenters. The molecule has 1 fully saturated rings. The Balaban J connectivity index is 1.80. The molecule has 2 aromatic rings. The van der Waals surface area contributed by atoms with E-state index in [1.165, 1.54) is 12.8 Å². The SMILES string of the molecule is C=C(CN1CCCC1)C1(O)c2ccccc2-c2ccccc21. The van der Waals surface area contributed by atoms with Gasteiger partial charge in [0.05, 0.1) is 0 Å². The van der Waals surface area contributed by atoms with Gasteiger partial charge in [-0.3, -0.25) is 4.90 Å². The van der Waals surface area contributed by atoms with Gasteiger partial charge in [0.25, 0.3) is 0 Å². The van der Waals surface area contributed by atoms with E-state index in [4.69, 9.17) is 0 Å². The number of nitrogens with zero attached hydrogens (tertiary/aromatic N) is 1. The molecule has 2 nitrogen and oxygen atoms in total. The lowest BCUT2D eigenvalue weighted by molar-refractivity contribution is 0.116. The summed E-state index contributed by atoms with van der Waals surface area (Å²) in [4.78, 5) is 2.39. The van der Waals surface area contributed by atoms with Crippen molar-refractivity contribution >= 4 is 0 Å². The predicted octanol–water partition coefficient (Wildman–Crippen LogP) is 3.55. The number of benzene rings is 2. The summed E-state index contributed by atoms with van der Waals surface area (Å²) >= 11 is 0. The van der Waals surface area contributed by atoms with Crippen molar-refractivity contribution in [2.45, 2.75) is 18.4 Å². The van der Waals surface area contributed by atoms with Crippen LogP contribution in [0.5, 0.6) is 0 Å². The van der Waals surface area contributed by atoms with E-state index in [0.717, 1.165) is 47.5 Å². The van der Waals surface area contributed by atoms with Gasteiger partial charge < -0.3 is 5.11 Å². The molecular weight excluding hydrogens is 270 g/mol. The Hall–Kier alpha value is -1.90. The second kappa shape index (κ2) is 5.08. The molecule has 1 aliphatic heterocycles. The summed E-state index contributed by atoms with van der Waals surface area (Å²) in [5.41, 5.74) is 4.02. The van der Waals surface area contributed by atoms with Crippen molar-refractivity contribution in [2.24, 2.45) is 0 Å². The monoisotopic (exact) mass is 291 g/mol. The smallest absolute Gasteiger partial charge is 0.138 e. The van der Waals surface area contributed by atoms with E-state index >= 15 is 0 Å². The normalized spacial score (nSPS) is 19.0. The minimum absolute atomic E-state index is 0.763. The molecule has 22 heavy (non-hydrogen) atoms. The Morgan fingerprint density at radius 1 is 0.955 bits per heavy atom. The van der Waals surface area contributed by atoms with Crippen LogP contribution in [-0.2, 0) is 5.60 Å². The van der Waals surface area contributed by atoms with Gasteiger partial charge in [-0.25, -0.2) is 0 Å². The van der Waals surface area contributed by atoms with Crippen LogP contribution in [0.15, 0.2) is 60.7 Å². The molecule has 0 bridgehead atoms. The third-order valence-corrected chi connectivity index (χ3v) is 5.05. The van der Waals surface area contributed by atoms with E-state index in [0.29, 0.717) is 0 Å². The zero-order valence-corrected chi connectivity index (χ0v) is 12.8. The Morgan fingerprint density at radius 3 is 2.00 bits per heavy atom. The first-order chi connectivity index (χ1) is 10.7. The number of likely N-dealkylation sites (tertiary alicyclic amines) is 1. The molecule has 1 aliphatic carbocycles. The molecule has 0 amide bonds. The Morgan fingerprint density at radius 2 is 1.45 bits per heavy atom. The molecular formula is C20H21NO. The zero-order chi connectivity index (χ0) is 15.2. The molecule has 0 spiro atoms. The lowest BCUT2D eigenvalue weighted by atomic mass is 9.84. The van der Waals surface area contributed by atoms with Crippen molar-refractivity contribution in [3.05, 3.63) is 71.8 Å². The highest BCUT2D eigenvalue weighted by molar-refractivity contribution is 5.81. The van der Waals surface area contributed by atoms with Crippen LogP contribution in [0.2, 0.25) is 0 Å². The van der Waals surface area contributed by atoms with Gasteiger partial charge in [0.2, 0.25) is 0 Å². The summed E-state index contributed by atoms with van der Waals surface area (Å²) in [5.74, 6) is 0. The van der Waals surface area contributed by atoms with E-state index in [2.05, 4.69) is 23.6 Å². The molecule has 0 radical (unpaired) electrons. The van der Waals surface area contributed by atoms with E-state index < -0.39 is 5.60 Å². The van der Waals surface area contributed by atoms with Crippen molar-refractivity contribution in [3.63, 3.8) is 0 Å². The molecule has 1 heterocycles. The standard InChI is InChI=1S/C20H21NO/c1-15(14-21-12-6-7-13-21)20(22)18-10-4-2-8-16(18)17-9-3-5-11-19(17)20/h2-5,8-11,22H,1,6-7,12-14H2.